The summed E-state index contributed by atoms with van der Waals surface area (Å²) < 4.78 is 23.3. The summed E-state index contributed by atoms with van der Waals surface area (Å²) in [4.78, 5) is 22.8. The van der Waals surface area contributed by atoms with Crippen LogP contribution in [-0.4, -0.2) is 73.4 Å². The van der Waals surface area contributed by atoms with E-state index in [1.54, 1.807) is 6.08 Å². The largest absolute Gasteiger partial charge is 0.472 e. The average molecular weight is 692 g/mol. The van der Waals surface area contributed by atoms with Crippen molar-refractivity contribution in [2.45, 2.75) is 116 Å². The fourth-order valence-electron chi connectivity index (χ4n) is 4.24. The van der Waals surface area contributed by atoms with E-state index in [9.17, 15) is 19.4 Å². The summed E-state index contributed by atoms with van der Waals surface area (Å²) in [7, 11) is 1.50. The lowest BCUT2D eigenvalue weighted by Gasteiger charge is -2.25. The van der Waals surface area contributed by atoms with Crippen molar-refractivity contribution in [3.05, 3.63) is 85.1 Å². The number of nitrogens with zero attached hydrogens (tertiary/aromatic N) is 1. The fraction of sp³-hybridized carbons (Fsp3) is 0.615. The van der Waals surface area contributed by atoms with Gasteiger partial charge in [-0.2, -0.15) is 0 Å². The molecule has 0 aromatic heterocycles. The third-order valence-corrected chi connectivity index (χ3v) is 8.12. The second-order valence-corrected chi connectivity index (χ2v) is 14.3. The molecule has 0 rings (SSSR count). The van der Waals surface area contributed by atoms with E-state index in [2.05, 4.69) is 79.9 Å². The van der Waals surface area contributed by atoms with Crippen LogP contribution < -0.4 is 5.32 Å². The van der Waals surface area contributed by atoms with Gasteiger partial charge in [0.2, 0.25) is 5.91 Å². The number of carbonyl (C=O) groups excluding carboxylic acids is 1. The number of aliphatic hydroxyl groups excluding tert-OH is 1. The molecule has 3 atom stereocenters. The zero-order valence-electron chi connectivity index (χ0n) is 30.7. The maximum absolute atomic E-state index is 12.7. The quantitative estimate of drug-likeness (QED) is 0.0301. The van der Waals surface area contributed by atoms with Gasteiger partial charge >= 0.3 is 7.82 Å². The molecule has 274 valence electrons. The molecule has 3 N–H and O–H groups in total. The van der Waals surface area contributed by atoms with Gasteiger partial charge in [0.15, 0.2) is 0 Å². The lowest BCUT2D eigenvalue weighted by Crippen LogP contribution is -2.45. The lowest BCUT2D eigenvalue weighted by atomic mass is 10.1. The number of allylic oxidation sites excluding steroid dienone is 13. The molecule has 0 aliphatic carbocycles. The number of hydrogen-bond donors (Lipinski definition) is 3. The van der Waals surface area contributed by atoms with Crippen molar-refractivity contribution in [1.82, 2.24) is 5.32 Å². The normalized spacial score (nSPS) is 15.7. The van der Waals surface area contributed by atoms with Gasteiger partial charge in [0, 0.05) is 6.42 Å². The van der Waals surface area contributed by atoms with Gasteiger partial charge in [0.1, 0.15) is 13.2 Å². The van der Waals surface area contributed by atoms with E-state index in [4.69, 9.17) is 9.05 Å². The molecule has 0 aliphatic rings. The number of carbonyl (C=O) groups is 1. The maximum atomic E-state index is 12.7. The van der Waals surface area contributed by atoms with E-state index < -0.39 is 20.0 Å². The number of hydrogen-bond acceptors (Lipinski definition) is 5. The van der Waals surface area contributed by atoms with Crippen molar-refractivity contribution in [1.29, 1.82) is 0 Å². The number of quaternary nitrogens is 1. The summed E-state index contributed by atoms with van der Waals surface area (Å²) in [5.74, 6) is -0.270. The van der Waals surface area contributed by atoms with E-state index >= 15 is 0 Å². The molecule has 3 unspecified atom stereocenters. The van der Waals surface area contributed by atoms with Crippen molar-refractivity contribution in [3.63, 3.8) is 0 Å². The van der Waals surface area contributed by atoms with Crippen LogP contribution in [0.2, 0.25) is 0 Å². The molecule has 0 spiro atoms. The van der Waals surface area contributed by atoms with E-state index in [0.717, 1.165) is 57.8 Å². The van der Waals surface area contributed by atoms with Crippen LogP contribution in [0.1, 0.15) is 104 Å². The monoisotopic (exact) mass is 691 g/mol. The first-order chi connectivity index (χ1) is 23.0. The predicted molar refractivity (Wildman–Crippen MR) is 203 cm³/mol. The van der Waals surface area contributed by atoms with E-state index in [0.29, 0.717) is 17.4 Å². The first-order valence-corrected chi connectivity index (χ1v) is 19.5. The molecule has 0 fully saturated rings. The van der Waals surface area contributed by atoms with Gasteiger partial charge in [-0.1, -0.05) is 125 Å². The second kappa shape index (κ2) is 30.7. The average Bonchev–Trinajstić information content (AvgIpc) is 3.02. The molecule has 48 heavy (non-hydrogen) atoms. The first-order valence-electron chi connectivity index (χ1n) is 18.0. The second-order valence-electron chi connectivity index (χ2n) is 12.9. The number of phosphoric ester groups is 1. The molecular formula is C39H68N2O6P+. The number of rotatable bonds is 30. The molecule has 9 heteroatoms. The molecule has 0 saturated heterocycles. The molecule has 0 heterocycles. The third kappa shape index (κ3) is 32.2. The van der Waals surface area contributed by atoms with Crippen LogP contribution in [0.15, 0.2) is 85.1 Å². The SMILES string of the molecule is CC/C=C\C/C=C\C/C=C\C/C=C\C/C=C\C/C=C\CCC(=O)NC(COP(=O)(O)OCC[N+](C)(C)C)C(O)/C=C/CCCCCCC. The Morgan fingerprint density at radius 2 is 1.25 bits per heavy atom. The van der Waals surface area contributed by atoms with Crippen molar-refractivity contribution in [3.8, 4) is 0 Å². The number of nitrogens with one attached hydrogen (secondary N) is 1. The van der Waals surface area contributed by atoms with Crippen molar-refractivity contribution in [2.75, 3.05) is 40.9 Å². The van der Waals surface area contributed by atoms with E-state index in [1.165, 1.54) is 19.3 Å². The minimum absolute atomic E-state index is 0.0424. The van der Waals surface area contributed by atoms with Crippen molar-refractivity contribution in [2.24, 2.45) is 0 Å². The summed E-state index contributed by atoms with van der Waals surface area (Å²) in [5.41, 5.74) is 0. The van der Waals surface area contributed by atoms with Crippen LogP contribution in [0.3, 0.4) is 0 Å². The Balaban J connectivity index is 4.60. The summed E-state index contributed by atoms with van der Waals surface area (Å²) >= 11 is 0. The Hall–Kier alpha value is -2.32. The first kappa shape index (κ1) is 45.7. The number of aliphatic hydroxyl groups is 1. The minimum atomic E-state index is -4.35. The number of phosphoric acid groups is 1. The molecule has 0 aliphatic heterocycles. The zero-order valence-corrected chi connectivity index (χ0v) is 31.6. The highest BCUT2D eigenvalue weighted by molar-refractivity contribution is 7.47. The highest BCUT2D eigenvalue weighted by atomic mass is 31.2. The maximum Gasteiger partial charge on any atom is 0.472 e. The Bertz CT molecular complexity index is 1060. The topological polar surface area (TPSA) is 105 Å². The Labute approximate surface area is 293 Å². The van der Waals surface area contributed by atoms with Crippen molar-refractivity contribution < 1.29 is 32.9 Å². The molecule has 8 nitrogen and oxygen atoms in total. The number of unbranched alkanes of at least 4 members (excludes halogenated alkanes) is 5. The van der Waals surface area contributed by atoms with Crippen LogP contribution in [0.4, 0.5) is 0 Å². The van der Waals surface area contributed by atoms with Gasteiger partial charge in [0.25, 0.3) is 0 Å². The Kier molecular flexibility index (Phi) is 29.2. The van der Waals surface area contributed by atoms with Crippen LogP contribution in [0, 0.1) is 0 Å². The molecule has 0 aromatic rings. The molecular weight excluding hydrogens is 623 g/mol. The van der Waals surface area contributed by atoms with Crippen LogP contribution >= 0.6 is 7.82 Å². The molecule has 0 bridgehead atoms. The van der Waals surface area contributed by atoms with Gasteiger partial charge in [-0.05, 0) is 57.8 Å². The third-order valence-electron chi connectivity index (χ3n) is 7.13. The Morgan fingerprint density at radius 1 is 0.729 bits per heavy atom. The highest BCUT2D eigenvalue weighted by Gasteiger charge is 2.27. The zero-order chi connectivity index (χ0) is 35.8. The van der Waals surface area contributed by atoms with Crippen LogP contribution in [-0.2, 0) is 18.4 Å². The lowest BCUT2D eigenvalue weighted by molar-refractivity contribution is -0.870. The highest BCUT2D eigenvalue weighted by Crippen LogP contribution is 2.43. The molecule has 0 saturated carbocycles. The van der Waals surface area contributed by atoms with Gasteiger partial charge in [-0.25, -0.2) is 4.57 Å². The molecule has 0 radical (unpaired) electrons. The summed E-state index contributed by atoms with van der Waals surface area (Å²) in [6, 6.07) is -0.887. The van der Waals surface area contributed by atoms with Crippen LogP contribution in [0.5, 0.6) is 0 Å². The summed E-state index contributed by atoms with van der Waals surface area (Å²) in [5, 5.41) is 13.6. The molecule has 0 aromatic carbocycles. The van der Waals surface area contributed by atoms with Crippen molar-refractivity contribution >= 4 is 13.7 Å². The van der Waals surface area contributed by atoms with Gasteiger partial charge < -0.3 is 19.8 Å². The number of amides is 1. The predicted octanol–water partition coefficient (Wildman–Crippen LogP) is 9.07. The van der Waals surface area contributed by atoms with Gasteiger partial charge in [0.05, 0.1) is 39.9 Å². The van der Waals surface area contributed by atoms with Gasteiger partial charge in [-0.3, -0.25) is 13.8 Å². The van der Waals surface area contributed by atoms with E-state index in [1.807, 2.05) is 39.4 Å². The van der Waals surface area contributed by atoms with Crippen LogP contribution in [0.25, 0.3) is 0 Å². The fourth-order valence-corrected chi connectivity index (χ4v) is 4.97. The molecule has 1 amide bonds. The smallest absolute Gasteiger partial charge is 0.387 e. The summed E-state index contributed by atoms with van der Waals surface area (Å²) in [6.45, 7) is 4.53. The Morgan fingerprint density at radius 3 is 1.77 bits per heavy atom. The van der Waals surface area contributed by atoms with Gasteiger partial charge in [-0.15, -0.1) is 0 Å². The van der Waals surface area contributed by atoms with E-state index in [-0.39, 0.29) is 25.5 Å². The summed E-state index contributed by atoms with van der Waals surface area (Å²) in [6.07, 6.45) is 41.1. The minimum Gasteiger partial charge on any atom is -0.387 e. The number of likely N-dealkylation sites (N-methyl/N-ethyl adjacent to an activating group) is 1. The standard InChI is InChI=1S/C39H67N2O6P/c1-6-8-10-12-14-15-16-17-18-19-20-21-22-23-24-25-27-29-31-33-39(43)40-37(38(42)32-30-28-26-13-11-9-7-2)36-47-48(44,45)46-35-34-41(3,4)5/h8,10,14-15,17-18,20-21,23-24,27,29-30,32,37-38,42H,6-7,9,11-13,16,19,22,25-26,28,31,33-36H2,1-5H3,(H-,40,43,44,45)/p+1/b10-8-,15-14-,18-17-,21-20-,24-23-,29-27-,32-30+.